The lowest BCUT2D eigenvalue weighted by atomic mass is 9.98. The Kier molecular flexibility index (Phi) is 7.98. The van der Waals surface area contributed by atoms with Crippen molar-refractivity contribution < 1.29 is 18.6 Å². The average Bonchev–Trinajstić information content (AvgIpc) is 2.69. The normalized spacial score (nSPS) is 16.4. The molecule has 7 heteroatoms. The molecule has 4 nitrogen and oxygen atoms in total. The molecule has 2 aromatic carbocycles. The van der Waals surface area contributed by atoms with Crippen molar-refractivity contribution in [3.63, 3.8) is 0 Å². The van der Waals surface area contributed by atoms with Crippen LogP contribution in [0.3, 0.4) is 0 Å². The largest absolute Gasteiger partial charge is 0.489 e. The third-order valence-electron chi connectivity index (χ3n) is 4.57. The molecule has 0 amide bonds. The lowest BCUT2D eigenvalue weighted by Gasteiger charge is -2.38. The molecule has 0 spiro atoms. The number of aliphatic hydroxyl groups excluding tert-OH is 1. The zero-order valence-corrected chi connectivity index (χ0v) is 15.8. The van der Waals surface area contributed by atoms with Crippen LogP contribution in [0.4, 0.5) is 8.78 Å². The van der Waals surface area contributed by atoms with Crippen LogP contribution in [0.15, 0.2) is 54.6 Å². The first kappa shape index (κ1) is 21.6. The molecular weight excluding hydrogens is 374 g/mol. The molecular formula is C20H25ClF2N2O2. The number of ether oxygens (including phenoxy) is 1. The second-order valence-electron chi connectivity index (χ2n) is 6.45. The second kappa shape index (κ2) is 9.99. The van der Waals surface area contributed by atoms with Gasteiger partial charge in [-0.1, -0.05) is 42.5 Å². The Hall–Kier alpha value is -1.73. The third-order valence-corrected chi connectivity index (χ3v) is 4.57. The molecule has 2 aromatic rings. The average molecular weight is 399 g/mol. The summed E-state index contributed by atoms with van der Waals surface area (Å²) in [5.41, 5.74) is 1.53. The second-order valence-corrected chi connectivity index (χ2v) is 6.45. The molecule has 1 aliphatic heterocycles. The van der Waals surface area contributed by atoms with E-state index in [1.54, 1.807) is 29.2 Å². The van der Waals surface area contributed by atoms with Crippen LogP contribution in [0.1, 0.15) is 17.2 Å². The highest BCUT2D eigenvalue weighted by Crippen LogP contribution is 2.37. The Morgan fingerprint density at radius 3 is 2.26 bits per heavy atom. The van der Waals surface area contributed by atoms with Gasteiger partial charge in [-0.25, -0.2) is 8.78 Å². The van der Waals surface area contributed by atoms with E-state index in [0.29, 0.717) is 44.1 Å². The minimum absolute atomic E-state index is 0. The van der Waals surface area contributed by atoms with E-state index >= 15 is 0 Å². The van der Waals surface area contributed by atoms with Gasteiger partial charge in [0.1, 0.15) is 25.0 Å². The maximum absolute atomic E-state index is 14.4. The minimum atomic E-state index is -3.20. The van der Waals surface area contributed by atoms with Crippen molar-refractivity contribution in [3.05, 3.63) is 65.7 Å². The van der Waals surface area contributed by atoms with E-state index in [1.807, 2.05) is 30.3 Å². The lowest BCUT2D eigenvalue weighted by Crippen LogP contribution is -2.51. The molecule has 0 aromatic heterocycles. The predicted molar refractivity (Wildman–Crippen MR) is 104 cm³/mol. The van der Waals surface area contributed by atoms with Gasteiger partial charge in [-0.15, -0.1) is 12.4 Å². The molecule has 0 unspecified atom stereocenters. The third kappa shape index (κ3) is 5.62. The van der Waals surface area contributed by atoms with E-state index in [9.17, 15) is 13.9 Å². The van der Waals surface area contributed by atoms with Crippen LogP contribution < -0.4 is 10.1 Å². The van der Waals surface area contributed by atoms with Gasteiger partial charge in [0.15, 0.2) is 0 Å². The topological polar surface area (TPSA) is 44.7 Å². The van der Waals surface area contributed by atoms with Gasteiger partial charge in [0.05, 0.1) is 0 Å². The summed E-state index contributed by atoms with van der Waals surface area (Å²) in [7, 11) is 0. The fourth-order valence-corrected chi connectivity index (χ4v) is 3.24. The number of rotatable bonds is 7. The number of aliphatic hydroxyl groups is 1. The molecule has 1 saturated heterocycles. The molecule has 0 radical (unpaired) electrons. The van der Waals surface area contributed by atoms with Gasteiger partial charge < -0.3 is 15.2 Å². The summed E-state index contributed by atoms with van der Waals surface area (Å²) >= 11 is 0. The van der Waals surface area contributed by atoms with Gasteiger partial charge in [-0.3, -0.25) is 4.90 Å². The Bertz CT molecular complexity index is 680. The number of hydrogen-bond donors (Lipinski definition) is 2. The summed E-state index contributed by atoms with van der Waals surface area (Å²) in [4.78, 5) is 1.73. The van der Waals surface area contributed by atoms with Crippen LogP contribution in [0.5, 0.6) is 5.75 Å². The van der Waals surface area contributed by atoms with Crippen molar-refractivity contribution >= 4 is 12.4 Å². The van der Waals surface area contributed by atoms with Crippen molar-refractivity contribution in [1.82, 2.24) is 10.2 Å². The fourth-order valence-electron chi connectivity index (χ4n) is 3.24. The number of alkyl halides is 2. The number of benzene rings is 2. The number of piperazine rings is 1. The van der Waals surface area contributed by atoms with E-state index in [-0.39, 0.29) is 12.4 Å². The van der Waals surface area contributed by atoms with E-state index in [2.05, 4.69) is 5.32 Å². The molecule has 148 valence electrons. The number of nitrogens with one attached hydrogen (secondary N) is 1. The highest BCUT2D eigenvalue weighted by atomic mass is 35.5. The van der Waals surface area contributed by atoms with Crippen molar-refractivity contribution in [2.45, 2.75) is 18.6 Å². The van der Waals surface area contributed by atoms with Gasteiger partial charge in [0.25, 0.3) is 5.92 Å². The molecule has 0 bridgehead atoms. The molecule has 0 saturated carbocycles. The Balaban J connectivity index is 0.00000261. The zero-order valence-electron chi connectivity index (χ0n) is 15.0. The summed E-state index contributed by atoms with van der Waals surface area (Å²) in [5, 5.41) is 12.4. The highest BCUT2D eigenvalue weighted by molar-refractivity contribution is 5.85. The van der Waals surface area contributed by atoms with Crippen LogP contribution in [-0.4, -0.2) is 48.7 Å². The van der Waals surface area contributed by atoms with Crippen molar-refractivity contribution in [2.75, 3.05) is 32.8 Å². The van der Waals surface area contributed by atoms with Gasteiger partial charge in [0.2, 0.25) is 0 Å². The minimum Gasteiger partial charge on any atom is -0.489 e. The van der Waals surface area contributed by atoms with E-state index in [1.165, 1.54) is 0 Å². The SMILES string of the molecule is Cl.OCC(F)(F)[C@H](c1ccc(OCc2ccccc2)cc1)N1CCNCC1. The van der Waals surface area contributed by atoms with Gasteiger partial charge in [-0.2, -0.15) is 0 Å². The van der Waals surface area contributed by atoms with Gasteiger partial charge in [0, 0.05) is 26.2 Å². The predicted octanol–water partition coefficient (Wildman–Crippen LogP) is 3.26. The van der Waals surface area contributed by atoms with E-state index < -0.39 is 18.6 Å². The Labute approximate surface area is 164 Å². The van der Waals surface area contributed by atoms with E-state index in [0.717, 1.165) is 5.56 Å². The number of halogens is 3. The van der Waals surface area contributed by atoms with Crippen LogP contribution in [0, 0.1) is 0 Å². The maximum atomic E-state index is 14.4. The quantitative estimate of drug-likeness (QED) is 0.751. The number of hydrogen-bond acceptors (Lipinski definition) is 4. The van der Waals surface area contributed by atoms with Crippen LogP contribution >= 0.6 is 12.4 Å². The molecule has 1 fully saturated rings. The standard InChI is InChI=1S/C20H24F2N2O2.ClH/c21-20(22,15-25)19(24-12-10-23-11-13-24)17-6-8-18(9-7-17)26-14-16-4-2-1-3-5-16;/h1-9,19,23,25H,10-15H2;1H/t19-;/m0./s1. The van der Waals surface area contributed by atoms with Crippen molar-refractivity contribution in [2.24, 2.45) is 0 Å². The summed E-state index contributed by atoms with van der Waals surface area (Å²) < 4.78 is 34.6. The van der Waals surface area contributed by atoms with Crippen LogP contribution in [-0.2, 0) is 6.61 Å². The van der Waals surface area contributed by atoms with Crippen LogP contribution in [0.25, 0.3) is 0 Å². The van der Waals surface area contributed by atoms with Crippen molar-refractivity contribution in [3.8, 4) is 5.75 Å². The van der Waals surface area contributed by atoms with Crippen molar-refractivity contribution in [1.29, 1.82) is 0 Å². The summed E-state index contributed by atoms with van der Waals surface area (Å²) in [6.45, 7) is 1.62. The molecule has 1 atom stereocenters. The molecule has 1 heterocycles. The zero-order chi connectivity index (χ0) is 18.4. The smallest absolute Gasteiger partial charge is 0.289 e. The van der Waals surface area contributed by atoms with E-state index in [4.69, 9.17) is 4.74 Å². The summed E-state index contributed by atoms with van der Waals surface area (Å²) in [5.74, 6) is -2.58. The molecule has 0 aliphatic carbocycles. The molecule has 27 heavy (non-hydrogen) atoms. The number of nitrogens with zero attached hydrogens (tertiary/aromatic N) is 1. The van der Waals surface area contributed by atoms with Crippen LogP contribution in [0.2, 0.25) is 0 Å². The molecule has 1 aliphatic rings. The lowest BCUT2D eigenvalue weighted by molar-refractivity contribution is -0.118. The molecule has 3 rings (SSSR count). The maximum Gasteiger partial charge on any atom is 0.289 e. The first-order valence-electron chi connectivity index (χ1n) is 8.80. The van der Waals surface area contributed by atoms with Gasteiger partial charge >= 0.3 is 0 Å². The van der Waals surface area contributed by atoms with Gasteiger partial charge in [-0.05, 0) is 23.3 Å². The summed E-state index contributed by atoms with van der Waals surface area (Å²) in [6, 6.07) is 15.4. The Morgan fingerprint density at radius 2 is 1.67 bits per heavy atom. The monoisotopic (exact) mass is 398 g/mol. The summed E-state index contributed by atoms with van der Waals surface area (Å²) in [6.07, 6.45) is 0. The fraction of sp³-hybridized carbons (Fsp3) is 0.400. The highest BCUT2D eigenvalue weighted by Gasteiger charge is 2.43. The molecule has 2 N–H and O–H groups in total. The first-order chi connectivity index (χ1) is 12.6. The first-order valence-corrected chi connectivity index (χ1v) is 8.80. The Morgan fingerprint density at radius 1 is 1.04 bits per heavy atom.